The minimum Gasteiger partial charge on any atom is -0.739 e. The summed E-state index contributed by atoms with van der Waals surface area (Å²) in [6.07, 6.45) is 45.4. The summed E-state index contributed by atoms with van der Waals surface area (Å²) in [6.45, 7) is 6.76. The molecule has 0 amide bonds. The number of carbonyl (C=O) groups is 3. The maximum atomic E-state index is 10.6. The van der Waals surface area contributed by atoms with Gasteiger partial charge in [-0.1, -0.05) is 252 Å². The summed E-state index contributed by atoms with van der Waals surface area (Å²) in [6, 6.07) is 0. The summed E-state index contributed by atoms with van der Waals surface area (Å²) >= 11 is 13.2. The molecule has 0 rings (SSSR count). The van der Waals surface area contributed by atoms with E-state index < -0.39 is 33.7 Å². The molecule has 0 saturated heterocycles. The molecule has 0 spiro atoms. The fourth-order valence-corrected chi connectivity index (χ4v) is 7.24. The zero-order valence-electron chi connectivity index (χ0n) is 38.0. The first-order valence-corrected chi connectivity index (χ1v) is 25.4. The molecule has 2 radical (unpaired) electrons. The Morgan fingerprint density at radius 1 is 0.293 bits per heavy atom. The molecule has 0 aliphatic rings. The second-order valence-electron chi connectivity index (χ2n) is 16.5. The van der Waals surface area contributed by atoms with Crippen LogP contribution in [0.25, 0.3) is 0 Å². The van der Waals surface area contributed by atoms with Crippen molar-refractivity contribution >= 4 is 77.7 Å². The summed E-state index contributed by atoms with van der Waals surface area (Å²) in [4.78, 5) is 31.9. The van der Waals surface area contributed by atoms with Crippen molar-refractivity contribution in [3.63, 3.8) is 0 Å². The number of rotatable bonds is 42. The molecule has 344 valence electrons. The van der Waals surface area contributed by atoms with Crippen LogP contribution in [0.1, 0.15) is 271 Å². The van der Waals surface area contributed by atoms with E-state index in [1.807, 2.05) is 0 Å². The first-order valence-electron chi connectivity index (χ1n) is 24.2. The number of aliphatic hydroxyl groups is 3. The van der Waals surface area contributed by atoms with Crippen molar-refractivity contribution in [3.05, 3.63) is 0 Å². The third kappa shape index (κ3) is 58.5. The Kier molecular flexibility index (Phi) is 62.1. The third-order valence-electron chi connectivity index (χ3n) is 10.8. The molecular weight excluding hydrogens is 890 g/mol. The zero-order valence-corrected chi connectivity index (χ0v) is 43.0. The van der Waals surface area contributed by atoms with Crippen LogP contribution in [0.3, 0.4) is 0 Å². The van der Waals surface area contributed by atoms with Gasteiger partial charge in [0.25, 0.3) is 0 Å². The van der Waals surface area contributed by atoms with Crippen molar-refractivity contribution in [2.45, 2.75) is 289 Å². The molecule has 0 saturated carbocycles. The Bertz CT molecular complexity index is 733. The molecule has 0 fully saturated rings. The number of hydrogen-bond donors (Lipinski definition) is 3. The second-order valence-corrected chi connectivity index (χ2v) is 17.7. The molecular formula is C48H93O6S3Sb. The van der Waals surface area contributed by atoms with Gasteiger partial charge in [-0.3, -0.25) is 0 Å². The van der Waals surface area contributed by atoms with E-state index in [1.165, 1.54) is 193 Å². The van der Waals surface area contributed by atoms with Crippen LogP contribution in [0.5, 0.6) is 0 Å². The van der Waals surface area contributed by atoms with Gasteiger partial charge in [0, 0.05) is 15.3 Å². The van der Waals surface area contributed by atoms with Crippen LogP contribution in [-0.2, 0) is 52.3 Å². The maximum Gasteiger partial charge on any atom is 3.00 e. The van der Waals surface area contributed by atoms with Gasteiger partial charge < -0.3 is 67.6 Å². The first kappa shape index (κ1) is 65.0. The number of hydrogen-bond acceptors (Lipinski definition) is 9. The molecule has 0 aliphatic heterocycles. The summed E-state index contributed by atoms with van der Waals surface area (Å²) in [5.74, 6) is 0. The summed E-state index contributed by atoms with van der Waals surface area (Å²) < 4.78 is 0. The Labute approximate surface area is 394 Å². The molecule has 0 heterocycles. The van der Waals surface area contributed by atoms with E-state index in [0.717, 1.165) is 38.5 Å². The van der Waals surface area contributed by atoms with Gasteiger partial charge in [-0.05, 0) is 19.3 Å². The van der Waals surface area contributed by atoms with Gasteiger partial charge in [0.15, 0.2) is 0 Å². The van der Waals surface area contributed by atoms with Crippen molar-refractivity contribution in [2.75, 3.05) is 0 Å². The van der Waals surface area contributed by atoms with Crippen LogP contribution in [0.15, 0.2) is 0 Å². The van der Waals surface area contributed by atoms with Gasteiger partial charge in [0.05, 0.1) is 18.3 Å². The van der Waals surface area contributed by atoms with Crippen LogP contribution in [-0.4, -0.2) is 73.4 Å². The average Bonchev–Trinajstić information content (AvgIpc) is 3.19. The molecule has 0 aromatic heterocycles. The van der Waals surface area contributed by atoms with Crippen LogP contribution in [0, 0.1) is 0 Å². The quantitative estimate of drug-likeness (QED) is 0.0313. The standard InChI is InChI=1S/3C16H32O2S.Sb/c3*1-2-3-4-5-6-7-8-9-10-11-12-13-14-15(17)16(18)19;/h3*15,17H,2-14H2,1H3,(H,18,19);/q;;;+3/p-3. The minimum absolute atomic E-state index is 0. The fraction of sp³-hybridized carbons (Fsp3) is 0.938. The van der Waals surface area contributed by atoms with Gasteiger partial charge in [0.1, 0.15) is 0 Å². The van der Waals surface area contributed by atoms with Crippen LogP contribution in [0.4, 0.5) is 0 Å². The van der Waals surface area contributed by atoms with Crippen molar-refractivity contribution in [1.29, 1.82) is 0 Å². The SMILES string of the molecule is CCCCCCCCCCCCCCC(O)C(=O)[S-].CCCCCCCCCCCCCCC(O)C(=O)[S-].CCCCCCCCCCCCCCC(O)C(=O)[S-].[Sb+3]. The van der Waals surface area contributed by atoms with Crippen LogP contribution >= 0.6 is 0 Å². The van der Waals surface area contributed by atoms with E-state index >= 15 is 0 Å². The second kappa shape index (κ2) is 55.4. The zero-order chi connectivity index (χ0) is 43.0. The Balaban J connectivity index is -0.000000374. The molecule has 0 aliphatic carbocycles. The van der Waals surface area contributed by atoms with Gasteiger partial charge in [-0.25, -0.2) is 0 Å². The molecule has 0 aromatic rings. The molecule has 6 nitrogen and oxygen atoms in total. The maximum absolute atomic E-state index is 10.6. The number of aliphatic hydroxyl groups excluding tert-OH is 3. The molecule has 0 aromatic carbocycles. The topological polar surface area (TPSA) is 112 Å². The van der Waals surface area contributed by atoms with Crippen molar-refractivity contribution in [1.82, 2.24) is 0 Å². The molecule has 10 heteroatoms. The van der Waals surface area contributed by atoms with Gasteiger partial charge in [0.2, 0.25) is 0 Å². The predicted molar refractivity (Wildman–Crippen MR) is 258 cm³/mol. The fourth-order valence-electron chi connectivity index (χ4n) is 6.89. The van der Waals surface area contributed by atoms with Crippen molar-refractivity contribution < 1.29 is 29.7 Å². The molecule has 0 bridgehead atoms. The minimum atomic E-state index is -0.905. The van der Waals surface area contributed by atoms with E-state index in [4.69, 9.17) is 0 Å². The van der Waals surface area contributed by atoms with Crippen LogP contribution in [0.2, 0.25) is 0 Å². The first-order chi connectivity index (χ1) is 27.5. The molecule has 3 atom stereocenters. The van der Waals surface area contributed by atoms with E-state index in [-0.39, 0.29) is 24.4 Å². The molecule has 3 unspecified atom stereocenters. The van der Waals surface area contributed by atoms with E-state index in [9.17, 15) is 29.7 Å². The van der Waals surface area contributed by atoms with Crippen molar-refractivity contribution in [2.24, 2.45) is 0 Å². The van der Waals surface area contributed by atoms with Crippen molar-refractivity contribution in [3.8, 4) is 0 Å². The Morgan fingerprint density at radius 3 is 0.534 bits per heavy atom. The Morgan fingerprint density at radius 2 is 0.414 bits per heavy atom. The summed E-state index contributed by atoms with van der Waals surface area (Å²) in [5, 5.41) is 26.2. The van der Waals surface area contributed by atoms with Gasteiger partial charge in [-0.15, -0.1) is 0 Å². The van der Waals surface area contributed by atoms with Gasteiger partial charge >= 0.3 is 24.4 Å². The predicted octanol–water partition coefficient (Wildman–Crippen LogP) is 13.2. The molecule has 58 heavy (non-hydrogen) atoms. The Hall–Kier alpha value is 0.368. The monoisotopic (exact) mass is 983 g/mol. The number of carbonyl (C=O) groups excluding carboxylic acids is 3. The van der Waals surface area contributed by atoms with E-state index in [2.05, 4.69) is 58.7 Å². The smallest absolute Gasteiger partial charge is 0.739 e. The summed E-state index contributed by atoms with van der Waals surface area (Å²) in [7, 11) is 0. The van der Waals surface area contributed by atoms with Crippen LogP contribution < -0.4 is 0 Å². The van der Waals surface area contributed by atoms with E-state index in [1.54, 1.807) is 0 Å². The largest absolute Gasteiger partial charge is 3.00 e. The summed E-state index contributed by atoms with van der Waals surface area (Å²) in [5.41, 5.74) is 0. The van der Waals surface area contributed by atoms with E-state index in [0.29, 0.717) is 19.3 Å². The normalized spacial score (nSPS) is 12.3. The number of unbranched alkanes of at least 4 members (excludes halogenated alkanes) is 33. The van der Waals surface area contributed by atoms with Gasteiger partial charge in [-0.2, -0.15) is 0 Å². The molecule has 3 N–H and O–H groups in total. The average molecular weight is 984 g/mol. The third-order valence-corrected chi connectivity index (χ3v) is 11.6.